The van der Waals surface area contributed by atoms with Crippen LogP contribution in [0.5, 0.6) is 0 Å². The van der Waals surface area contributed by atoms with E-state index in [1.807, 2.05) is 36.4 Å². The van der Waals surface area contributed by atoms with Crippen LogP contribution in [0.1, 0.15) is 15.2 Å². The van der Waals surface area contributed by atoms with E-state index in [0.717, 1.165) is 15.6 Å². The summed E-state index contributed by atoms with van der Waals surface area (Å²) in [6.45, 7) is 1.77. The molecular formula is C19H13FN2OS. The molecular weight excluding hydrogens is 323 g/mol. The molecule has 0 radical (unpaired) electrons. The van der Waals surface area contributed by atoms with Gasteiger partial charge in [0.05, 0.1) is 22.3 Å². The van der Waals surface area contributed by atoms with Crippen molar-refractivity contribution < 1.29 is 9.18 Å². The van der Waals surface area contributed by atoms with Gasteiger partial charge in [-0.1, -0.05) is 24.3 Å². The molecule has 0 fully saturated rings. The second kappa shape index (κ2) is 5.69. The molecule has 0 unspecified atom stereocenters. The Labute approximate surface area is 141 Å². The summed E-state index contributed by atoms with van der Waals surface area (Å²) in [6.07, 6.45) is 1.63. The fourth-order valence-corrected chi connectivity index (χ4v) is 3.92. The quantitative estimate of drug-likeness (QED) is 0.550. The number of thiophene rings is 1. The maximum atomic E-state index is 14.0. The lowest BCUT2D eigenvalue weighted by molar-refractivity contribution is 0.103. The second-order valence-corrected chi connectivity index (χ2v) is 6.59. The minimum Gasteiger partial charge on any atom is -0.320 e. The van der Waals surface area contributed by atoms with Gasteiger partial charge in [0.2, 0.25) is 0 Å². The number of carbonyl (C=O) groups is 1. The Balaban J connectivity index is 1.70. The third-order valence-corrected chi connectivity index (χ3v) is 5.21. The van der Waals surface area contributed by atoms with Crippen molar-refractivity contribution in [3.05, 3.63) is 71.0 Å². The lowest BCUT2D eigenvalue weighted by atomic mass is 10.1. The van der Waals surface area contributed by atoms with Gasteiger partial charge in [0, 0.05) is 15.5 Å². The van der Waals surface area contributed by atoms with Crippen LogP contribution in [0.2, 0.25) is 0 Å². The highest BCUT2D eigenvalue weighted by atomic mass is 32.1. The van der Waals surface area contributed by atoms with E-state index >= 15 is 0 Å². The van der Waals surface area contributed by atoms with E-state index in [9.17, 15) is 9.18 Å². The zero-order valence-corrected chi connectivity index (χ0v) is 13.7. The summed E-state index contributed by atoms with van der Waals surface area (Å²) < 4.78 is 14.8. The normalized spacial score (nSPS) is 11.1. The monoisotopic (exact) mass is 336 g/mol. The number of hydrogen-bond acceptors (Lipinski definition) is 3. The Morgan fingerprint density at radius 2 is 2.00 bits per heavy atom. The van der Waals surface area contributed by atoms with Crippen molar-refractivity contribution in [1.29, 1.82) is 0 Å². The van der Waals surface area contributed by atoms with Crippen LogP contribution in [-0.2, 0) is 0 Å². The predicted octanol–water partition coefficient (Wildman–Crippen LogP) is 5.15. The third kappa shape index (κ3) is 2.43. The van der Waals surface area contributed by atoms with Crippen LogP contribution in [0.4, 0.5) is 10.1 Å². The van der Waals surface area contributed by atoms with Crippen LogP contribution in [0, 0.1) is 12.7 Å². The number of nitrogens with one attached hydrogen (secondary N) is 1. The molecule has 4 rings (SSSR count). The first-order valence-electron chi connectivity index (χ1n) is 7.47. The standard InChI is InChI=1S/C19H13FN2OS/c1-11-17-14(20)6-4-8-16(17)24-18(11)19(23)22-13-9-12-5-2-3-7-15(12)21-10-13/h2-10H,1H3,(H,22,23). The second-order valence-electron chi connectivity index (χ2n) is 5.54. The molecule has 3 nitrogen and oxygen atoms in total. The molecule has 1 N–H and O–H groups in total. The van der Waals surface area contributed by atoms with Crippen LogP contribution < -0.4 is 5.32 Å². The molecule has 1 amide bonds. The number of amides is 1. The molecule has 0 saturated heterocycles. The van der Waals surface area contributed by atoms with Gasteiger partial charge in [-0.3, -0.25) is 9.78 Å². The fraction of sp³-hybridized carbons (Fsp3) is 0.0526. The van der Waals surface area contributed by atoms with Crippen LogP contribution in [0.3, 0.4) is 0 Å². The molecule has 0 spiro atoms. The molecule has 0 aliphatic carbocycles. The predicted molar refractivity (Wildman–Crippen MR) is 96.2 cm³/mol. The lowest BCUT2D eigenvalue weighted by Crippen LogP contribution is -2.11. The number of aryl methyl sites for hydroxylation is 1. The first kappa shape index (κ1) is 14.8. The van der Waals surface area contributed by atoms with E-state index in [1.165, 1.54) is 17.4 Å². The molecule has 0 atom stereocenters. The number of pyridine rings is 1. The van der Waals surface area contributed by atoms with Crippen molar-refractivity contribution in [3.8, 4) is 0 Å². The first-order chi connectivity index (χ1) is 11.6. The van der Waals surface area contributed by atoms with E-state index in [-0.39, 0.29) is 11.7 Å². The molecule has 0 bridgehead atoms. The van der Waals surface area contributed by atoms with Crippen LogP contribution in [-0.4, -0.2) is 10.9 Å². The minimum atomic E-state index is -0.298. The highest BCUT2D eigenvalue weighted by molar-refractivity contribution is 7.21. The van der Waals surface area contributed by atoms with Crippen molar-refractivity contribution in [1.82, 2.24) is 4.98 Å². The van der Waals surface area contributed by atoms with Crippen LogP contribution in [0.15, 0.2) is 54.7 Å². The number of hydrogen-bond donors (Lipinski definition) is 1. The minimum absolute atomic E-state index is 0.245. The number of benzene rings is 2. The summed E-state index contributed by atoms with van der Waals surface area (Å²) >= 11 is 1.30. The first-order valence-corrected chi connectivity index (χ1v) is 8.29. The van der Waals surface area contributed by atoms with Gasteiger partial charge in [-0.2, -0.15) is 0 Å². The van der Waals surface area contributed by atoms with Gasteiger partial charge in [-0.25, -0.2) is 4.39 Å². The number of nitrogens with zero attached hydrogens (tertiary/aromatic N) is 1. The molecule has 2 aromatic heterocycles. The summed E-state index contributed by atoms with van der Waals surface area (Å²) in [6, 6.07) is 14.5. The molecule has 24 heavy (non-hydrogen) atoms. The number of aromatic nitrogens is 1. The largest absolute Gasteiger partial charge is 0.320 e. The van der Waals surface area contributed by atoms with Gasteiger partial charge < -0.3 is 5.32 Å². The summed E-state index contributed by atoms with van der Waals surface area (Å²) in [5.74, 6) is -0.544. The lowest BCUT2D eigenvalue weighted by Gasteiger charge is -2.05. The van der Waals surface area contributed by atoms with E-state index in [4.69, 9.17) is 0 Å². The van der Waals surface area contributed by atoms with Crippen molar-refractivity contribution in [2.75, 3.05) is 5.32 Å². The molecule has 5 heteroatoms. The number of para-hydroxylation sites is 1. The van der Waals surface area contributed by atoms with Gasteiger partial charge in [0.15, 0.2) is 0 Å². The number of carbonyl (C=O) groups excluding carboxylic acids is 1. The van der Waals surface area contributed by atoms with Crippen molar-refractivity contribution >= 4 is 43.9 Å². The average molecular weight is 336 g/mol. The van der Waals surface area contributed by atoms with Gasteiger partial charge in [0.1, 0.15) is 5.82 Å². The molecule has 0 aliphatic heterocycles. The summed E-state index contributed by atoms with van der Waals surface area (Å²) in [5.41, 5.74) is 2.16. The Hall–Kier alpha value is -2.79. The molecule has 4 aromatic rings. The van der Waals surface area contributed by atoms with Crippen LogP contribution >= 0.6 is 11.3 Å². The molecule has 2 aromatic carbocycles. The Bertz CT molecular complexity index is 1090. The molecule has 118 valence electrons. The Morgan fingerprint density at radius 1 is 1.17 bits per heavy atom. The van der Waals surface area contributed by atoms with Gasteiger partial charge in [-0.05, 0) is 36.8 Å². The topological polar surface area (TPSA) is 42.0 Å². The fourth-order valence-electron chi connectivity index (χ4n) is 2.80. The van der Waals surface area contributed by atoms with E-state index in [1.54, 1.807) is 19.2 Å². The maximum absolute atomic E-state index is 14.0. The zero-order chi connectivity index (χ0) is 16.7. The van der Waals surface area contributed by atoms with Gasteiger partial charge in [-0.15, -0.1) is 11.3 Å². The van der Waals surface area contributed by atoms with E-state index in [2.05, 4.69) is 10.3 Å². The highest BCUT2D eigenvalue weighted by Crippen LogP contribution is 2.33. The van der Waals surface area contributed by atoms with Crippen molar-refractivity contribution in [2.24, 2.45) is 0 Å². The number of halogens is 1. The third-order valence-electron chi connectivity index (χ3n) is 3.96. The Kier molecular flexibility index (Phi) is 3.50. The highest BCUT2D eigenvalue weighted by Gasteiger charge is 2.18. The SMILES string of the molecule is Cc1c(C(=O)Nc2cnc3ccccc3c2)sc2cccc(F)c12. The van der Waals surface area contributed by atoms with Crippen molar-refractivity contribution in [2.45, 2.75) is 6.92 Å². The Morgan fingerprint density at radius 3 is 2.83 bits per heavy atom. The summed E-state index contributed by atoms with van der Waals surface area (Å²) in [4.78, 5) is 17.5. The van der Waals surface area contributed by atoms with Gasteiger partial charge in [0.25, 0.3) is 5.91 Å². The smallest absolute Gasteiger partial charge is 0.266 e. The number of rotatable bonds is 2. The molecule has 2 heterocycles. The summed E-state index contributed by atoms with van der Waals surface area (Å²) in [7, 11) is 0. The average Bonchev–Trinajstić information content (AvgIpc) is 2.93. The van der Waals surface area contributed by atoms with Crippen LogP contribution in [0.25, 0.3) is 21.0 Å². The number of anilines is 1. The van der Waals surface area contributed by atoms with Crippen molar-refractivity contribution in [3.63, 3.8) is 0 Å². The van der Waals surface area contributed by atoms with Gasteiger partial charge >= 0.3 is 0 Å². The zero-order valence-electron chi connectivity index (χ0n) is 12.8. The molecule has 0 aliphatic rings. The maximum Gasteiger partial charge on any atom is 0.266 e. The molecule has 0 saturated carbocycles. The summed E-state index contributed by atoms with van der Waals surface area (Å²) in [5, 5.41) is 4.33. The number of fused-ring (bicyclic) bond motifs is 2. The van der Waals surface area contributed by atoms with E-state index in [0.29, 0.717) is 21.5 Å². The van der Waals surface area contributed by atoms with E-state index < -0.39 is 0 Å².